The number of carboxylic acid groups (broad SMARTS) is 1. The Morgan fingerprint density at radius 1 is 1.14 bits per heavy atom. The predicted octanol–water partition coefficient (Wildman–Crippen LogP) is 3.85. The number of carbonyl (C=O) groups is 2. The minimum Gasteiger partial charge on any atom is -0.481 e. The highest BCUT2D eigenvalue weighted by molar-refractivity contribution is 5.72. The fourth-order valence-corrected chi connectivity index (χ4v) is 1.99. The zero-order valence-electron chi connectivity index (χ0n) is 13.8. The molecule has 1 aromatic rings. The van der Waals surface area contributed by atoms with Crippen molar-refractivity contribution in [1.29, 1.82) is 0 Å². The number of carboxylic acids is 1. The van der Waals surface area contributed by atoms with E-state index >= 15 is 0 Å². The molecule has 1 unspecified atom stereocenters. The lowest BCUT2D eigenvalue weighted by atomic mass is 9.98. The number of aliphatic carboxylic acids is 1. The maximum Gasteiger partial charge on any atom is 0.408 e. The van der Waals surface area contributed by atoms with Gasteiger partial charge in [-0.1, -0.05) is 38.1 Å². The Morgan fingerprint density at radius 3 is 2.05 bits per heavy atom. The van der Waals surface area contributed by atoms with Crippen molar-refractivity contribution in [2.75, 3.05) is 0 Å². The second-order valence-corrected chi connectivity index (χ2v) is 6.62. The third-order valence-corrected chi connectivity index (χ3v) is 3.08. The van der Waals surface area contributed by atoms with Crippen molar-refractivity contribution in [3.8, 4) is 0 Å². The minimum absolute atomic E-state index is 0.194. The summed E-state index contributed by atoms with van der Waals surface area (Å²) in [6, 6.07) is 6.98. The molecule has 0 aliphatic rings. The molecular weight excluding hydrogens is 282 g/mol. The van der Waals surface area contributed by atoms with Crippen molar-refractivity contribution in [1.82, 2.24) is 5.32 Å². The molecule has 1 atom stereocenters. The zero-order valence-corrected chi connectivity index (χ0v) is 13.8. The van der Waals surface area contributed by atoms with Crippen molar-refractivity contribution in [3.63, 3.8) is 0 Å². The van der Waals surface area contributed by atoms with E-state index in [2.05, 4.69) is 19.2 Å². The molecule has 0 radical (unpaired) electrons. The topological polar surface area (TPSA) is 75.6 Å². The van der Waals surface area contributed by atoms with Crippen molar-refractivity contribution in [2.24, 2.45) is 0 Å². The van der Waals surface area contributed by atoms with Gasteiger partial charge in [-0.25, -0.2) is 4.79 Å². The van der Waals surface area contributed by atoms with E-state index < -0.39 is 23.7 Å². The van der Waals surface area contributed by atoms with Crippen LogP contribution in [0.2, 0.25) is 0 Å². The molecule has 0 fully saturated rings. The van der Waals surface area contributed by atoms with Crippen LogP contribution < -0.4 is 5.32 Å². The second-order valence-electron chi connectivity index (χ2n) is 6.62. The summed E-state index contributed by atoms with van der Waals surface area (Å²) in [7, 11) is 0. The Hall–Kier alpha value is -2.04. The van der Waals surface area contributed by atoms with Crippen LogP contribution >= 0.6 is 0 Å². The van der Waals surface area contributed by atoms with Crippen LogP contribution in [-0.4, -0.2) is 22.8 Å². The highest BCUT2D eigenvalue weighted by Crippen LogP contribution is 2.21. The molecule has 122 valence electrons. The van der Waals surface area contributed by atoms with Gasteiger partial charge in [-0.05, 0) is 37.8 Å². The summed E-state index contributed by atoms with van der Waals surface area (Å²) in [5, 5.41) is 11.7. The first-order chi connectivity index (χ1) is 10.1. The van der Waals surface area contributed by atoms with E-state index in [9.17, 15) is 9.59 Å². The number of hydrogen-bond donors (Lipinski definition) is 2. The van der Waals surface area contributed by atoms with Crippen LogP contribution in [0.1, 0.15) is 64.1 Å². The predicted molar refractivity (Wildman–Crippen MR) is 84.9 cm³/mol. The summed E-state index contributed by atoms with van der Waals surface area (Å²) in [6.07, 6.45) is -0.813. The van der Waals surface area contributed by atoms with E-state index in [1.807, 2.05) is 24.3 Å². The molecule has 1 rings (SSSR count). The highest BCUT2D eigenvalue weighted by Gasteiger charge is 2.22. The molecule has 0 bridgehead atoms. The molecule has 1 amide bonds. The van der Waals surface area contributed by atoms with Gasteiger partial charge in [0.05, 0.1) is 12.5 Å². The molecular formula is C17H25NO4. The largest absolute Gasteiger partial charge is 0.481 e. The van der Waals surface area contributed by atoms with E-state index in [0.29, 0.717) is 5.92 Å². The maximum atomic E-state index is 11.9. The second kappa shape index (κ2) is 7.29. The molecule has 0 aliphatic carbocycles. The van der Waals surface area contributed by atoms with E-state index in [1.165, 1.54) is 0 Å². The molecule has 0 aliphatic heterocycles. The van der Waals surface area contributed by atoms with Gasteiger partial charge in [0.15, 0.2) is 0 Å². The first-order valence-electron chi connectivity index (χ1n) is 7.39. The molecule has 5 nitrogen and oxygen atoms in total. The lowest BCUT2D eigenvalue weighted by Crippen LogP contribution is -2.35. The third-order valence-electron chi connectivity index (χ3n) is 3.08. The molecule has 1 aromatic carbocycles. The van der Waals surface area contributed by atoms with Gasteiger partial charge < -0.3 is 15.2 Å². The molecule has 0 heterocycles. The number of alkyl carbamates (subject to hydrolysis) is 1. The van der Waals surface area contributed by atoms with E-state index in [4.69, 9.17) is 9.84 Å². The molecule has 0 saturated carbocycles. The monoisotopic (exact) mass is 307 g/mol. The summed E-state index contributed by atoms with van der Waals surface area (Å²) in [6.45, 7) is 9.45. The fourth-order valence-electron chi connectivity index (χ4n) is 1.99. The van der Waals surface area contributed by atoms with Crippen LogP contribution in [0.15, 0.2) is 24.3 Å². The zero-order chi connectivity index (χ0) is 16.9. The average molecular weight is 307 g/mol. The first-order valence-corrected chi connectivity index (χ1v) is 7.39. The Kier molecular flexibility index (Phi) is 5.97. The Balaban J connectivity index is 2.88. The maximum absolute atomic E-state index is 11.9. The fraction of sp³-hybridized carbons (Fsp3) is 0.529. The number of amides is 1. The van der Waals surface area contributed by atoms with E-state index in [1.54, 1.807) is 20.8 Å². The number of hydrogen-bond acceptors (Lipinski definition) is 3. The van der Waals surface area contributed by atoms with Gasteiger partial charge in [0, 0.05) is 0 Å². The number of ether oxygens (including phenoxy) is 1. The Bertz CT molecular complexity index is 514. The van der Waals surface area contributed by atoms with Crippen molar-refractivity contribution in [3.05, 3.63) is 35.4 Å². The van der Waals surface area contributed by atoms with Crippen LogP contribution in [0, 0.1) is 0 Å². The lowest BCUT2D eigenvalue weighted by Gasteiger charge is -2.23. The SMILES string of the molecule is CC(C)c1ccc(C(CC(=O)O)NC(=O)OC(C)(C)C)cc1. The molecule has 0 spiro atoms. The summed E-state index contributed by atoms with van der Waals surface area (Å²) in [4.78, 5) is 22.9. The average Bonchev–Trinajstić information content (AvgIpc) is 2.35. The first kappa shape index (κ1) is 18.0. The van der Waals surface area contributed by atoms with Crippen molar-refractivity contribution >= 4 is 12.1 Å². The van der Waals surface area contributed by atoms with E-state index in [0.717, 1.165) is 11.1 Å². The lowest BCUT2D eigenvalue weighted by molar-refractivity contribution is -0.137. The van der Waals surface area contributed by atoms with Crippen molar-refractivity contribution < 1.29 is 19.4 Å². The van der Waals surface area contributed by atoms with Crippen molar-refractivity contribution in [2.45, 2.75) is 58.6 Å². The Morgan fingerprint density at radius 2 is 1.64 bits per heavy atom. The van der Waals surface area contributed by atoms with Crippen LogP contribution in [0.25, 0.3) is 0 Å². The third kappa shape index (κ3) is 6.16. The van der Waals surface area contributed by atoms with Gasteiger partial charge >= 0.3 is 12.1 Å². The normalized spacial score (nSPS) is 12.8. The van der Waals surface area contributed by atoms with Crippen LogP contribution in [-0.2, 0) is 9.53 Å². The minimum atomic E-state index is -0.978. The Labute approximate surface area is 131 Å². The van der Waals surface area contributed by atoms with Gasteiger partial charge in [0.2, 0.25) is 0 Å². The van der Waals surface area contributed by atoms with Gasteiger partial charge in [-0.3, -0.25) is 4.79 Å². The van der Waals surface area contributed by atoms with Crippen LogP contribution in [0.5, 0.6) is 0 Å². The molecule has 0 saturated heterocycles. The quantitative estimate of drug-likeness (QED) is 0.866. The van der Waals surface area contributed by atoms with E-state index in [-0.39, 0.29) is 6.42 Å². The van der Waals surface area contributed by atoms with Gasteiger partial charge in [-0.15, -0.1) is 0 Å². The molecule has 0 aromatic heterocycles. The van der Waals surface area contributed by atoms with Crippen LogP contribution in [0.4, 0.5) is 4.79 Å². The smallest absolute Gasteiger partial charge is 0.408 e. The molecule has 2 N–H and O–H groups in total. The summed E-state index contributed by atoms with van der Waals surface area (Å²) < 4.78 is 5.19. The number of rotatable bonds is 5. The summed E-state index contributed by atoms with van der Waals surface area (Å²) in [5.41, 5.74) is 1.28. The number of carbonyl (C=O) groups excluding carboxylic acids is 1. The summed E-state index contributed by atoms with van der Waals surface area (Å²) >= 11 is 0. The standard InChI is InChI=1S/C17H25NO4/c1-11(2)12-6-8-13(9-7-12)14(10-15(19)20)18-16(21)22-17(3,4)5/h6-9,11,14H,10H2,1-5H3,(H,18,21)(H,19,20). The van der Waals surface area contributed by atoms with Gasteiger partial charge in [-0.2, -0.15) is 0 Å². The number of benzene rings is 1. The molecule has 22 heavy (non-hydrogen) atoms. The number of nitrogens with one attached hydrogen (secondary N) is 1. The molecule has 5 heteroatoms. The summed E-state index contributed by atoms with van der Waals surface area (Å²) in [5.74, 6) is -0.584. The highest BCUT2D eigenvalue weighted by atomic mass is 16.6. The van der Waals surface area contributed by atoms with Gasteiger partial charge in [0.25, 0.3) is 0 Å². The van der Waals surface area contributed by atoms with Crippen LogP contribution in [0.3, 0.4) is 0 Å². The van der Waals surface area contributed by atoms with Gasteiger partial charge in [0.1, 0.15) is 5.60 Å².